The van der Waals surface area contributed by atoms with E-state index in [0.717, 1.165) is 39.5 Å². The van der Waals surface area contributed by atoms with Crippen molar-refractivity contribution in [3.63, 3.8) is 0 Å². The molecule has 18 heavy (non-hydrogen) atoms. The van der Waals surface area contributed by atoms with E-state index in [1.165, 1.54) is 11.5 Å². The van der Waals surface area contributed by atoms with Crippen molar-refractivity contribution in [2.45, 2.75) is 31.7 Å². The highest BCUT2D eigenvalue weighted by molar-refractivity contribution is 7.98. The molecule has 0 bridgehead atoms. The number of hydrogen-bond acceptors (Lipinski definition) is 7. The standard InChI is InChI=1S/C11H15N5S2/c1-4-12-10-9(15-16-18-10)6-17-11-13-7(2)5-8(3)14-11/h5,12H,4,6H2,1-3H3. The van der Waals surface area contributed by atoms with Gasteiger partial charge in [-0.15, -0.1) is 5.10 Å². The first-order chi connectivity index (χ1) is 8.69. The first-order valence-corrected chi connectivity index (χ1v) is 7.45. The molecule has 0 aromatic carbocycles. The molecule has 1 N–H and O–H groups in total. The van der Waals surface area contributed by atoms with Crippen molar-refractivity contribution in [2.75, 3.05) is 11.9 Å². The van der Waals surface area contributed by atoms with E-state index in [4.69, 9.17) is 0 Å². The van der Waals surface area contributed by atoms with Crippen LogP contribution in [0.4, 0.5) is 5.00 Å². The van der Waals surface area contributed by atoms with Gasteiger partial charge in [0, 0.05) is 35.2 Å². The number of thioether (sulfide) groups is 1. The maximum atomic E-state index is 4.40. The molecule has 0 aliphatic heterocycles. The SMILES string of the molecule is CCNc1snnc1CSc1nc(C)cc(C)n1. The Morgan fingerprint density at radius 1 is 1.28 bits per heavy atom. The number of anilines is 1. The molecule has 0 amide bonds. The fourth-order valence-electron chi connectivity index (χ4n) is 1.49. The molecule has 96 valence electrons. The van der Waals surface area contributed by atoms with Gasteiger partial charge >= 0.3 is 0 Å². The molecule has 2 aromatic rings. The average molecular weight is 281 g/mol. The van der Waals surface area contributed by atoms with Crippen molar-refractivity contribution in [3.05, 3.63) is 23.1 Å². The summed E-state index contributed by atoms with van der Waals surface area (Å²) >= 11 is 2.98. The van der Waals surface area contributed by atoms with Crippen LogP contribution in [0.1, 0.15) is 24.0 Å². The zero-order valence-corrected chi connectivity index (χ0v) is 12.2. The molecule has 0 aliphatic rings. The molecular weight excluding hydrogens is 266 g/mol. The van der Waals surface area contributed by atoms with Crippen LogP contribution in [0, 0.1) is 13.8 Å². The highest BCUT2D eigenvalue weighted by Gasteiger charge is 2.09. The highest BCUT2D eigenvalue weighted by Crippen LogP contribution is 2.25. The van der Waals surface area contributed by atoms with Gasteiger partial charge in [-0.05, 0) is 26.8 Å². The number of rotatable bonds is 5. The fourth-order valence-corrected chi connectivity index (χ4v) is 3.11. The minimum absolute atomic E-state index is 0.738. The number of nitrogens with one attached hydrogen (secondary N) is 1. The second kappa shape index (κ2) is 6.10. The van der Waals surface area contributed by atoms with E-state index in [2.05, 4.69) is 31.8 Å². The second-order valence-corrected chi connectivity index (χ2v) is 5.50. The van der Waals surface area contributed by atoms with Gasteiger partial charge in [0.15, 0.2) is 5.16 Å². The van der Waals surface area contributed by atoms with Crippen LogP contribution in [0.5, 0.6) is 0 Å². The third-order valence-corrected chi connectivity index (χ3v) is 3.78. The van der Waals surface area contributed by atoms with Gasteiger partial charge in [-0.3, -0.25) is 0 Å². The third kappa shape index (κ3) is 3.39. The number of aryl methyl sites for hydroxylation is 2. The second-order valence-electron chi connectivity index (χ2n) is 3.80. The van der Waals surface area contributed by atoms with Crippen molar-refractivity contribution >= 4 is 28.3 Å². The summed E-state index contributed by atoms with van der Waals surface area (Å²) in [5.41, 5.74) is 2.95. The Kier molecular flexibility index (Phi) is 4.48. The lowest BCUT2D eigenvalue weighted by atomic mass is 10.4. The summed E-state index contributed by atoms with van der Waals surface area (Å²) in [6, 6.07) is 1.97. The van der Waals surface area contributed by atoms with Gasteiger partial charge in [-0.2, -0.15) is 0 Å². The number of hydrogen-bond donors (Lipinski definition) is 1. The van der Waals surface area contributed by atoms with Crippen molar-refractivity contribution in [3.8, 4) is 0 Å². The van der Waals surface area contributed by atoms with Crippen LogP contribution in [-0.2, 0) is 5.75 Å². The minimum Gasteiger partial charge on any atom is -0.374 e. The van der Waals surface area contributed by atoms with Gasteiger partial charge in [0.05, 0.1) is 0 Å². The zero-order valence-electron chi connectivity index (χ0n) is 10.6. The summed E-state index contributed by atoms with van der Waals surface area (Å²) in [6.45, 7) is 6.89. The van der Waals surface area contributed by atoms with Crippen LogP contribution < -0.4 is 5.32 Å². The lowest BCUT2D eigenvalue weighted by Gasteiger charge is -2.03. The predicted octanol–water partition coefficient (Wildman–Crippen LogP) is 2.67. The Bertz CT molecular complexity index is 506. The normalized spacial score (nSPS) is 10.6. The van der Waals surface area contributed by atoms with E-state index in [9.17, 15) is 0 Å². The van der Waals surface area contributed by atoms with Gasteiger partial charge in [-0.1, -0.05) is 16.3 Å². The first kappa shape index (κ1) is 13.2. The average Bonchev–Trinajstić information content (AvgIpc) is 2.73. The summed E-state index contributed by atoms with van der Waals surface area (Å²) in [7, 11) is 0. The molecule has 0 aliphatic carbocycles. The van der Waals surface area contributed by atoms with Crippen molar-refractivity contribution < 1.29 is 0 Å². The van der Waals surface area contributed by atoms with E-state index in [1.54, 1.807) is 11.8 Å². The quantitative estimate of drug-likeness (QED) is 0.671. The van der Waals surface area contributed by atoms with Crippen LogP contribution >= 0.6 is 23.3 Å². The first-order valence-electron chi connectivity index (χ1n) is 5.69. The van der Waals surface area contributed by atoms with Crippen LogP contribution in [-0.4, -0.2) is 26.1 Å². The molecule has 0 fully saturated rings. The van der Waals surface area contributed by atoms with Gasteiger partial charge in [0.1, 0.15) is 10.7 Å². The molecule has 2 aromatic heterocycles. The Morgan fingerprint density at radius 3 is 2.67 bits per heavy atom. The maximum absolute atomic E-state index is 4.40. The molecule has 0 atom stereocenters. The Morgan fingerprint density at radius 2 is 2.00 bits per heavy atom. The summed E-state index contributed by atoms with van der Waals surface area (Å²) in [6.07, 6.45) is 0. The third-order valence-electron chi connectivity index (χ3n) is 2.19. The molecule has 2 heterocycles. The van der Waals surface area contributed by atoms with E-state index in [-0.39, 0.29) is 0 Å². The van der Waals surface area contributed by atoms with Gasteiger partial charge in [-0.25, -0.2) is 9.97 Å². The van der Waals surface area contributed by atoms with E-state index in [0.29, 0.717) is 0 Å². The van der Waals surface area contributed by atoms with Crippen molar-refractivity contribution in [1.29, 1.82) is 0 Å². The topological polar surface area (TPSA) is 63.6 Å². The fraction of sp³-hybridized carbons (Fsp3) is 0.455. The summed E-state index contributed by atoms with van der Waals surface area (Å²) < 4.78 is 3.96. The lowest BCUT2D eigenvalue weighted by molar-refractivity contribution is 0.900. The Labute approximate surface area is 115 Å². The van der Waals surface area contributed by atoms with Gasteiger partial charge < -0.3 is 5.32 Å². The Hall–Kier alpha value is -1.21. The molecule has 0 saturated carbocycles. The Balaban J connectivity index is 2.04. The molecule has 2 rings (SSSR count). The summed E-state index contributed by atoms with van der Waals surface area (Å²) in [5.74, 6) is 0.738. The summed E-state index contributed by atoms with van der Waals surface area (Å²) in [4.78, 5) is 8.79. The molecule has 7 heteroatoms. The zero-order chi connectivity index (χ0) is 13.0. The van der Waals surface area contributed by atoms with E-state index < -0.39 is 0 Å². The van der Waals surface area contributed by atoms with Gasteiger partial charge in [0.25, 0.3) is 0 Å². The van der Waals surface area contributed by atoms with E-state index in [1.807, 2.05) is 19.9 Å². The van der Waals surface area contributed by atoms with Crippen LogP contribution in [0.15, 0.2) is 11.2 Å². The van der Waals surface area contributed by atoms with Crippen LogP contribution in [0.25, 0.3) is 0 Å². The van der Waals surface area contributed by atoms with Crippen molar-refractivity contribution in [2.24, 2.45) is 0 Å². The largest absolute Gasteiger partial charge is 0.374 e. The molecule has 0 saturated heterocycles. The molecule has 0 radical (unpaired) electrons. The number of aromatic nitrogens is 4. The smallest absolute Gasteiger partial charge is 0.188 e. The lowest BCUT2D eigenvalue weighted by Crippen LogP contribution is -1.98. The molecule has 5 nitrogen and oxygen atoms in total. The molecule has 0 unspecified atom stereocenters. The molecule has 0 spiro atoms. The van der Waals surface area contributed by atoms with Crippen LogP contribution in [0.2, 0.25) is 0 Å². The predicted molar refractivity (Wildman–Crippen MR) is 75.1 cm³/mol. The number of nitrogens with zero attached hydrogens (tertiary/aromatic N) is 4. The summed E-state index contributed by atoms with van der Waals surface area (Å²) in [5, 5.41) is 9.21. The minimum atomic E-state index is 0.738. The maximum Gasteiger partial charge on any atom is 0.188 e. The highest BCUT2D eigenvalue weighted by atomic mass is 32.2. The van der Waals surface area contributed by atoms with Gasteiger partial charge in [0.2, 0.25) is 0 Å². The van der Waals surface area contributed by atoms with E-state index >= 15 is 0 Å². The van der Waals surface area contributed by atoms with Crippen LogP contribution in [0.3, 0.4) is 0 Å². The monoisotopic (exact) mass is 281 g/mol. The van der Waals surface area contributed by atoms with Crippen molar-refractivity contribution in [1.82, 2.24) is 19.6 Å². The molecular formula is C11H15N5S2.